The third kappa shape index (κ3) is 3.61. The van der Waals surface area contributed by atoms with Crippen LogP contribution in [0.4, 0.5) is 5.69 Å². The third-order valence-electron chi connectivity index (χ3n) is 8.81. The fraction of sp³-hybridized carbons (Fsp3) is 0.643. The summed E-state index contributed by atoms with van der Waals surface area (Å²) in [6.45, 7) is 8.18. The molecule has 0 N–H and O–H groups in total. The molecule has 1 aromatic carbocycles. The van der Waals surface area contributed by atoms with Crippen molar-refractivity contribution in [2.24, 2.45) is 16.8 Å². The van der Waals surface area contributed by atoms with Crippen LogP contribution < -0.4 is 4.74 Å². The van der Waals surface area contributed by atoms with Crippen LogP contribution in [-0.2, 0) is 15.1 Å². The quantitative estimate of drug-likeness (QED) is 0.450. The molecule has 34 heavy (non-hydrogen) atoms. The van der Waals surface area contributed by atoms with Crippen molar-refractivity contribution < 1.29 is 14.3 Å². The fourth-order valence-electron chi connectivity index (χ4n) is 7.23. The lowest BCUT2D eigenvalue weighted by Crippen LogP contribution is -2.66. The Bertz CT molecular complexity index is 997. The maximum Gasteiger partial charge on any atom is 0.159 e. The molecule has 0 spiro atoms. The number of likely N-dealkylation sites (tertiary alicyclic amines) is 1. The number of methoxy groups -OCH3 is 2. The van der Waals surface area contributed by atoms with Gasteiger partial charge in [0, 0.05) is 24.2 Å². The molecule has 0 amide bonds. The molecule has 184 valence electrons. The number of allylic oxidation sites excluding steroid dienone is 1. The molecule has 4 aliphatic heterocycles. The van der Waals surface area contributed by atoms with Crippen LogP contribution in [0.15, 0.2) is 35.0 Å². The number of piperidine rings is 3. The first-order valence-electron chi connectivity index (χ1n) is 13.0. The van der Waals surface area contributed by atoms with E-state index in [0.717, 1.165) is 62.5 Å². The van der Waals surface area contributed by atoms with E-state index in [0.29, 0.717) is 5.92 Å². The molecule has 0 unspecified atom stereocenters. The fourth-order valence-corrected chi connectivity index (χ4v) is 7.23. The molecule has 6 nitrogen and oxygen atoms in total. The molecule has 5 rings (SSSR count). The van der Waals surface area contributed by atoms with Gasteiger partial charge in [0.1, 0.15) is 5.75 Å². The number of aliphatic imine (C=N–C) groups is 1. The minimum atomic E-state index is -0.200. The average Bonchev–Trinajstić information content (AvgIpc) is 3.23. The summed E-state index contributed by atoms with van der Waals surface area (Å²) in [7, 11) is 3.43. The summed E-state index contributed by atoms with van der Waals surface area (Å²) in [5.41, 5.74) is 4.24. The van der Waals surface area contributed by atoms with Crippen molar-refractivity contribution >= 4 is 17.2 Å². The van der Waals surface area contributed by atoms with Gasteiger partial charge in [-0.2, -0.15) is 0 Å². The summed E-state index contributed by atoms with van der Waals surface area (Å²) in [5, 5.41) is 0. The Hall–Kier alpha value is -2.18. The van der Waals surface area contributed by atoms with Crippen LogP contribution in [0.2, 0.25) is 0 Å². The number of fused-ring (bicyclic) bond motifs is 5. The molecule has 4 aliphatic rings. The first-order valence-corrected chi connectivity index (χ1v) is 13.0. The molecule has 1 aromatic rings. The Balaban J connectivity index is 1.60. The minimum Gasteiger partial charge on any atom is -0.504 e. The second-order valence-corrected chi connectivity index (χ2v) is 10.4. The molecular weight excluding hydrogens is 426 g/mol. The van der Waals surface area contributed by atoms with Crippen LogP contribution in [0.5, 0.6) is 5.75 Å². The van der Waals surface area contributed by atoms with Gasteiger partial charge in [0.15, 0.2) is 5.78 Å². The van der Waals surface area contributed by atoms with Crippen molar-refractivity contribution in [1.29, 1.82) is 0 Å². The number of rotatable bonds is 6. The van der Waals surface area contributed by atoms with Crippen molar-refractivity contribution in [3.63, 3.8) is 0 Å². The largest absolute Gasteiger partial charge is 0.504 e. The van der Waals surface area contributed by atoms with Crippen LogP contribution in [-0.4, -0.2) is 67.7 Å². The number of benzene rings is 1. The van der Waals surface area contributed by atoms with Crippen LogP contribution in [0, 0.1) is 11.8 Å². The van der Waals surface area contributed by atoms with Gasteiger partial charge >= 0.3 is 0 Å². The minimum absolute atomic E-state index is 0.121. The Morgan fingerprint density at radius 3 is 2.68 bits per heavy atom. The van der Waals surface area contributed by atoms with Gasteiger partial charge in [-0.05, 0) is 69.7 Å². The second-order valence-electron chi connectivity index (χ2n) is 10.4. The number of carbonyl (C=O) groups excluding carboxylic acids is 1. The third-order valence-corrected chi connectivity index (χ3v) is 8.81. The van der Waals surface area contributed by atoms with Gasteiger partial charge < -0.3 is 9.47 Å². The number of nitrogens with zero attached hydrogens (tertiary/aromatic N) is 3. The van der Waals surface area contributed by atoms with E-state index in [1.54, 1.807) is 27.4 Å². The lowest BCUT2D eigenvalue weighted by molar-refractivity contribution is -0.114. The van der Waals surface area contributed by atoms with Crippen molar-refractivity contribution in [1.82, 2.24) is 9.80 Å². The van der Waals surface area contributed by atoms with E-state index in [2.05, 4.69) is 34.9 Å². The highest BCUT2D eigenvalue weighted by Gasteiger charge is 2.57. The molecule has 4 atom stereocenters. The Kier molecular flexibility index (Phi) is 6.56. The number of hydrogen-bond donors (Lipinski definition) is 0. The molecule has 0 aliphatic carbocycles. The molecule has 3 fully saturated rings. The van der Waals surface area contributed by atoms with E-state index < -0.39 is 0 Å². The standard InChI is InChI=1S/C28H39N3O3/c1-5-20-17-30-15-12-28(31-13-7-6-8-14-31)26-23(10-9-11-25(26)34-4)29-27(28)24(30)16-21(20)22(18-33-3)19(2)32/h9-11,18,20-21,24H,5-8,12-17H2,1-4H3/b22-18-/t20-,21+,24+,28+/m1/s1. The number of ketones is 1. The monoisotopic (exact) mass is 465 g/mol. The van der Waals surface area contributed by atoms with Crippen LogP contribution in [0.1, 0.15) is 57.9 Å². The van der Waals surface area contributed by atoms with Crippen LogP contribution in [0.25, 0.3) is 0 Å². The number of ether oxygens (including phenoxy) is 2. The Morgan fingerprint density at radius 2 is 2.00 bits per heavy atom. The molecular formula is C28H39N3O3. The van der Waals surface area contributed by atoms with Gasteiger partial charge in [-0.1, -0.05) is 25.8 Å². The predicted molar refractivity (Wildman–Crippen MR) is 135 cm³/mol. The lowest BCUT2D eigenvalue weighted by Gasteiger charge is -2.55. The second kappa shape index (κ2) is 9.46. The van der Waals surface area contributed by atoms with Crippen molar-refractivity contribution in [3.05, 3.63) is 35.6 Å². The van der Waals surface area contributed by atoms with E-state index in [9.17, 15) is 4.79 Å². The lowest BCUT2D eigenvalue weighted by atomic mass is 9.67. The molecule has 0 saturated carbocycles. The van der Waals surface area contributed by atoms with Gasteiger partial charge in [0.2, 0.25) is 0 Å². The van der Waals surface area contributed by atoms with E-state index in [1.165, 1.54) is 30.5 Å². The highest BCUT2D eigenvalue weighted by molar-refractivity contribution is 6.06. The van der Waals surface area contributed by atoms with Gasteiger partial charge in [-0.15, -0.1) is 0 Å². The van der Waals surface area contributed by atoms with Crippen molar-refractivity contribution in [2.75, 3.05) is 40.4 Å². The smallest absolute Gasteiger partial charge is 0.159 e. The van der Waals surface area contributed by atoms with Crippen LogP contribution >= 0.6 is 0 Å². The first kappa shape index (κ1) is 23.6. The average molecular weight is 466 g/mol. The summed E-state index contributed by atoms with van der Waals surface area (Å²) < 4.78 is 11.3. The van der Waals surface area contributed by atoms with E-state index >= 15 is 0 Å². The summed E-state index contributed by atoms with van der Waals surface area (Å²) >= 11 is 0. The topological polar surface area (TPSA) is 54.4 Å². The molecule has 0 bridgehead atoms. The molecule has 3 saturated heterocycles. The van der Waals surface area contributed by atoms with E-state index in [-0.39, 0.29) is 23.3 Å². The predicted octanol–water partition coefficient (Wildman–Crippen LogP) is 4.70. The highest BCUT2D eigenvalue weighted by Crippen LogP contribution is 2.54. The van der Waals surface area contributed by atoms with Crippen molar-refractivity contribution in [3.8, 4) is 5.75 Å². The van der Waals surface area contributed by atoms with Crippen LogP contribution in [0.3, 0.4) is 0 Å². The number of hydrogen-bond acceptors (Lipinski definition) is 6. The maximum atomic E-state index is 12.6. The van der Waals surface area contributed by atoms with E-state index in [1.807, 2.05) is 0 Å². The number of carbonyl (C=O) groups is 1. The normalized spacial score (nSPS) is 31.8. The SMILES string of the molecule is CC[C@@H]1CN2CC[C@@]3(N4CCCCC4)C(=Nc4cccc(OC)c43)[C@@H]2C[C@@H]1/C(=C\OC)C(C)=O. The summed E-state index contributed by atoms with van der Waals surface area (Å²) in [5.74, 6) is 1.71. The van der Waals surface area contributed by atoms with Crippen molar-refractivity contribution in [2.45, 2.75) is 64.0 Å². The molecule has 4 heterocycles. The molecule has 0 radical (unpaired) electrons. The maximum absolute atomic E-state index is 12.6. The zero-order chi connectivity index (χ0) is 23.9. The number of Topliss-reactive ketones (excluding diaryl/α,β-unsaturated/α-hetero) is 1. The Labute approximate surface area is 204 Å². The summed E-state index contributed by atoms with van der Waals surface area (Å²) in [6.07, 6.45) is 8.49. The van der Waals surface area contributed by atoms with Gasteiger partial charge in [-0.3, -0.25) is 19.6 Å². The molecule has 6 heteroatoms. The Morgan fingerprint density at radius 1 is 1.21 bits per heavy atom. The van der Waals surface area contributed by atoms with Gasteiger partial charge in [0.25, 0.3) is 0 Å². The summed E-state index contributed by atoms with van der Waals surface area (Å²) in [6, 6.07) is 6.54. The van der Waals surface area contributed by atoms with Gasteiger partial charge in [-0.25, -0.2) is 0 Å². The zero-order valence-corrected chi connectivity index (χ0v) is 21.2. The zero-order valence-electron chi connectivity index (χ0n) is 21.2. The highest BCUT2D eigenvalue weighted by atomic mass is 16.5. The first-order chi connectivity index (χ1) is 16.5. The summed E-state index contributed by atoms with van der Waals surface area (Å²) in [4.78, 5) is 23.4. The van der Waals surface area contributed by atoms with E-state index in [4.69, 9.17) is 14.5 Å². The van der Waals surface area contributed by atoms with Gasteiger partial charge in [0.05, 0.1) is 43.5 Å². The molecule has 0 aromatic heterocycles.